The molecule has 2 rings (SSSR count). The summed E-state index contributed by atoms with van der Waals surface area (Å²) in [7, 11) is 2.11. The molecule has 1 unspecified atom stereocenters. The summed E-state index contributed by atoms with van der Waals surface area (Å²) in [5.74, 6) is -2.51. The molecule has 0 fully saturated rings. The van der Waals surface area contributed by atoms with Crippen LogP contribution in [0, 0.1) is 0 Å². The lowest BCUT2D eigenvalue weighted by molar-refractivity contribution is -0.870. The van der Waals surface area contributed by atoms with Crippen LogP contribution < -0.4 is 10.0 Å². The first-order chi connectivity index (χ1) is 12.3. The number of hydrogen-bond donors (Lipinski definition) is 2. The first-order valence-corrected chi connectivity index (χ1v) is 8.91. The van der Waals surface area contributed by atoms with Crippen LogP contribution in [0.1, 0.15) is 47.7 Å². The molecule has 0 saturated heterocycles. The molecule has 0 heterocycles. The van der Waals surface area contributed by atoms with Gasteiger partial charge in [0.05, 0.1) is 19.6 Å². The summed E-state index contributed by atoms with van der Waals surface area (Å²) in [6, 6.07) is 6.29. The standard InChI is InChI=1S/C16H23NO.C4H4O4/c1-3-4-10-17(2)12-16(18)15-9-8-13-6-5-7-14(13)11-15;5-3(6)1-2-4(7)8/h8-9,11H,3-7,10,12H2,1-2H3;1-2H,(H,5,6)(H,7,8)/b;2-1-. The maximum absolute atomic E-state index is 12.2. The highest BCUT2D eigenvalue weighted by Crippen LogP contribution is 2.22. The van der Waals surface area contributed by atoms with Gasteiger partial charge in [0.15, 0.2) is 0 Å². The summed E-state index contributed by atoms with van der Waals surface area (Å²) in [6.45, 7) is 3.90. The van der Waals surface area contributed by atoms with Gasteiger partial charge >= 0.3 is 5.97 Å². The van der Waals surface area contributed by atoms with Crippen LogP contribution in [0.4, 0.5) is 0 Å². The molecule has 0 spiro atoms. The van der Waals surface area contributed by atoms with Gasteiger partial charge < -0.3 is 19.9 Å². The number of unbranched alkanes of at least 4 members (excludes halogenated alkanes) is 1. The summed E-state index contributed by atoms with van der Waals surface area (Å²) in [6.07, 6.45) is 6.92. The third-order valence-electron chi connectivity index (χ3n) is 4.20. The van der Waals surface area contributed by atoms with E-state index < -0.39 is 11.9 Å². The lowest BCUT2D eigenvalue weighted by Gasteiger charge is -2.13. The number of carbonyl (C=O) groups excluding carboxylic acids is 2. The minimum absolute atomic E-state index is 0.290. The lowest BCUT2D eigenvalue weighted by atomic mass is 10.0. The third kappa shape index (κ3) is 8.07. The number of nitrogens with one attached hydrogen (secondary N) is 1. The van der Waals surface area contributed by atoms with Crippen LogP contribution in [-0.4, -0.2) is 43.0 Å². The number of benzene rings is 1. The summed E-state index contributed by atoms with van der Waals surface area (Å²) in [5, 5.41) is 17.2. The zero-order valence-corrected chi connectivity index (χ0v) is 15.4. The summed E-state index contributed by atoms with van der Waals surface area (Å²) in [4.78, 5) is 32.5. The first-order valence-electron chi connectivity index (χ1n) is 8.91. The van der Waals surface area contributed by atoms with Crippen LogP contribution in [0.2, 0.25) is 0 Å². The molecule has 1 aromatic rings. The van der Waals surface area contributed by atoms with E-state index in [1.807, 2.05) is 6.07 Å². The zero-order chi connectivity index (χ0) is 19.5. The van der Waals surface area contributed by atoms with E-state index in [4.69, 9.17) is 5.11 Å². The van der Waals surface area contributed by atoms with Crippen LogP contribution >= 0.6 is 0 Å². The molecular weight excluding hydrogens is 334 g/mol. The number of carboxylic acid groups (broad SMARTS) is 2. The van der Waals surface area contributed by atoms with Crippen LogP contribution in [0.3, 0.4) is 0 Å². The monoisotopic (exact) mass is 361 g/mol. The van der Waals surface area contributed by atoms with Gasteiger partial charge in [-0.25, -0.2) is 4.79 Å². The predicted octanol–water partition coefficient (Wildman–Crippen LogP) is 0.0499. The number of likely N-dealkylation sites (N-methyl/N-ethyl adjacent to an activating group) is 1. The zero-order valence-electron chi connectivity index (χ0n) is 15.4. The molecule has 1 atom stereocenters. The molecule has 142 valence electrons. The minimum Gasteiger partial charge on any atom is -0.545 e. The van der Waals surface area contributed by atoms with E-state index in [1.165, 1.54) is 41.7 Å². The average Bonchev–Trinajstić information content (AvgIpc) is 3.06. The molecule has 1 aliphatic carbocycles. The maximum Gasteiger partial charge on any atom is 0.328 e. The molecule has 0 bridgehead atoms. The topological polar surface area (TPSA) is 98.9 Å². The first kappa shape index (κ1) is 21.6. The molecule has 6 nitrogen and oxygen atoms in total. The quantitative estimate of drug-likeness (QED) is 0.504. The van der Waals surface area contributed by atoms with Crippen molar-refractivity contribution in [3.05, 3.63) is 47.0 Å². The number of quaternary nitrogens is 1. The summed E-state index contributed by atoms with van der Waals surface area (Å²) in [5.41, 5.74) is 3.75. The number of aryl methyl sites for hydroxylation is 2. The number of rotatable bonds is 8. The average molecular weight is 361 g/mol. The minimum atomic E-state index is -1.51. The predicted molar refractivity (Wildman–Crippen MR) is 96.1 cm³/mol. The van der Waals surface area contributed by atoms with Crippen LogP contribution in [0.25, 0.3) is 0 Å². The number of carboxylic acids is 2. The lowest BCUT2D eigenvalue weighted by Crippen LogP contribution is -3.09. The van der Waals surface area contributed by atoms with E-state index in [2.05, 4.69) is 26.1 Å². The summed E-state index contributed by atoms with van der Waals surface area (Å²) < 4.78 is 0. The number of fused-ring (bicyclic) bond motifs is 1. The van der Waals surface area contributed by atoms with Gasteiger partial charge in [-0.05, 0) is 49.0 Å². The van der Waals surface area contributed by atoms with E-state index >= 15 is 0 Å². The van der Waals surface area contributed by atoms with Crippen molar-refractivity contribution in [1.29, 1.82) is 0 Å². The number of aliphatic carboxylic acids is 2. The molecule has 6 heteroatoms. The molecular formula is C20H27NO5. The van der Waals surface area contributed by atoms with E-state index in [-0.39, 0.29) is 0 Å². The second-order valence-electron chi connectivity index (χ2n) is 6.49. The molecule has 0 radical (unpaired) electrons. The van der Waals surface area contributed by atoms with Crippen molar-refractivity contribution in [3.8, 4) is 0 Å². The molecule has 0 aliphatic heterocycles. The van der Waals surface area contributed by atoms with Crippen LogP contribution in [0.15, 0.2) is 30.4 Å². The second-order valence-corrected chi connectivity index (χ2v) is 6.49. The van der Waals surface area contributed by atoms with E-state index in [1.54, 1.807) is 0 Å². The highest BCUT2D eigenvalue weighted by molar-refractivity contribution is 5.97. The van der Waals surface area contributed by atoms with Crippen LogP contribution in [-0.2, 0) is 22.4 Å². The Morgan fingerprint density at radius 1 is 1.19 bits per heavy atom. The molecule has 26 heavy (non-hydrogen) atoms. The highest BCUT2D eigenvalue weighted by Gasteiger charge is 2.16. The van der Waals surface area contributed by atoms with Gasteiger partial charge in [0.25, 0.3) is 0 Å². The Bertz CT molecular complexity index is 650. The van der Waals surface area contributed by atoms with Gasteiger partial charge in [-0.2, -0.15) is 0 Å². The smallest absolute Gasteiger partial charge is 0.328 e. The van der Waals surface area contributed by atoms with Crippen LogP contribution in [0.5, 0.6) is 0 Å². The third-order valence-corrected chi connectivity index (χ3v) is 4.20. The molecule has 1 aliphatic rings. The Labute approximate surface area is 154 Å². The second kappa shape index (κ2) is 11.2. The Hall–Kier alpha value is -2.47. The molecule has 1 aromatic carbocycles. The van der Waals surface area contributed by atoms with Crippen molar-refractivity contribution in [2.45, 2.75) is 39.0 Å². The maximum atomic E-state index is 12.2. The van der Waals surface area contributed by atoms with E-state index in [9.17, 15) is 19.5 Å². The number of ketones is 1. The number of hydrogen-bond acceptors (Lipinski definition) is 4. The summed E-state index contributed by atoms with van der Waals surface area (Å²) >= 11 is 0. The fraction of sp³-hybridized carbons (Fsp3) is 0.450. The van der Waals surface area contributed by atoms with Gasteiger partial charge in [-0.15, -0.1) is 0 Å². The molecule has 2 N–H and O–H groups in total. The molecule has 0 aromatic heterocycles. The van der Waals surface area contributed by atoms with Gasteiger partial charge in [-0.1, -0.05) is 25.5 Å². The van der Waals surface area contributed by atoms with Gasteiger partial charge in [0.2, 0.25) is 5.78 Å². The Morgan fingerprint density at radius 2 is 1.88 bits per heavy atom. The van der Waals surface area contributed by atoms with Crippen molar-refractivity contribution in [2.75, 3.05) is 20.1 Å². The van der Waals surface area contributed by atoms with E-state index in [0.29, 0.717) is 24.5 Å². The fourth-order valence-corrected chi connectivity index (χ4v) is 2.83. The van der Waals surface area contributed by atoms with Crippen molar-refractivity contribution in [3.63, 3.8) is 0 Å². The molecule has 0 amide bonds. The van der Waals surface area contributed by atoms with E-state index in [0.717, 1.165) is 18.5 Å². The van der Waals surface area contributed by atoms with Gasteiger partial charge in [0, 0.05) is 11.6 Å². The van der Waals surface area contributed by atoms with Crippen molar-refractivity contribution in [1.82, 2.24) is 0 Å². The normalized spacial score (nSPS) is 13.6. The Balaban J connectivity index is 0.000000359. The fourth-order valence-electron chi connectivity index (χ4n) is 2.83. The molecule has 0 saturated carbocycles. The Morgan fingerprint density at radius 3 is 2.46 bits per heavy atom. The van der Waals surface area contributed by atoms with Gasteiger partial charge in [-0.3, -0.25) is 4.79 Å². The Kier molecular flexibility index (Phi) is 9.30. The SMILES string of the molecule is CCCC[NH+](C)CC(=O)c1ccc2c(c1)CCC2.O=C([O-])/C=C\C(=O)O. The largest absolute Gasteiger partial charge is 0.545 e. The van der Waals surface area contributed by atoms with Crippen molar-refractivity contribution < 1.29 is 29.5 Å². The number of Topliss-reactive ketones (excluding diaryl/α,β-unsaturated/α-hetero) is 1. The highest BCUT2D eigenvalue weighted by atomic mass is 16.4. The van der Waals surface area contributed by atoms with Crippen molar-refractivity contribution >= 4 is 17.7 Å². The number of carbonyl (C=O) groups is 3. The van der Waals surface area contributed by atoms with Crippen molar-refractivity contribution in [2.24, 2.45) is 0 Å². The van der Waals surface area contributed by atoms with Gasteiger partial charge in [0.1, 0.15) is 6.54 Å².